The Morgan fingerprint density at radius 3 is 2.61 bits per heavy atom. The van der Waals surface area contributed by atoms with Gasteiger partial charge in [-0.25, -0.2) is 9.50 Å². The van der Waals surface area contributed by atoms with E-state index in [4.69, 9.17) is 0 Å². The molecule has 0 fully saturated rings. The van der Waals surface area contributed by atoms with Gasteiger partial charge in [-0.05, 0) is 18.2 Å². The maximum absolute atomic E-state index is 13.3. The molecule has 0 saturated heterocycles. The van der Waals surface area contributed by atoms with Gasteiger partial charge < -0.3 is 5.32 Å². The van der Waals surface area contributed by atoms with E-state index in [1.54, 1.807) is 13.1 Å². The molecule has 1 amide bonds. The number of halogens is 3. The Hall–Kier alpha value is -3.69. The van der Waals surface area contributed by atoms with Crippen LogP contribution < -0.4 is 5.32 Å². The third kappa shape index (κ3) is 3.08. The van der Waals surface area contributed by atoms with Gasteiger partial charge in [0.15, 0.2) is 11.3 Å². The highest BCUT2D eigenvalue weighted by Gasteiger charge is 2.33. The van der Waals surface area contributed by atoms with Crippen LogP contribution in [-0.4, -0.2) is 30.3 Å². The van der Waals surface area contributed by atoms with Gasteiger partial charge in [0, 0.05) is 18.7 Å². The number of alkyl halides is 3. The average Bonchev–Trinajstić information content (AvgIpc) is 3.26. The predicted octanol–water partition coefficient (Wildman–Crippen LogP) is 3.40. The van der Waals surface area contributed by atoms with E-state index in [1.165, 1.54) is 51.9 Å². The second-order valence-electron chi connectivity index (χ2n) is 5.97. The lowest BCUT2D eigenvalue weighted by Gasteiger charge is -2.12. The van der Waals surface area contributed by atoms with E-state index >= 15 is 0 Å². The molecular formula is C18H13F3N6O. The van der Waals surface area contributed by atoms with Crippen LogP contribution in [-0.2, 0) is 13.2 Å². The highest BCUT2D eigenvalue weighted by Crippen LogP contribution is 2.36. The van der Waals surface area contributed by atoms with Crippen molar-refractivity contribution in [2.24, 2.45) is 7.05 Å². The number of anilines is 1. The molecule has 4 aromatic rings. The lowest BCUT2D eigenvalue weighted by atomic mass is 10.0. The monoisotopic (exact) mass is 386 g/mol. The van der Waals surface area contributed by atoms with Gasteiger partial charge in [-0.1, -0.05) is 18.2 Å². The molecule has 10 heteroatoms. The third-order valence-corrected chi connectivity index (χ3v) is 4.17. The van der Waals surface area contributed by atoms with Crippen LogP contribution in [0.1, 0.15) is 16.1 Å². The molecule has 3 aromatic heterocycles. The van der Waals surface area contributed by atoms with Crippen LogP contribution in [0, 0.1) is 0 Å². The van der Waals surface area contributed by atoms with Crippen molar-refractivity contribution in [1.82, 2.24) is 24.4 Å². The predicted molar refractivity (Wildman–Crippen MR) is 94.6 cm³/mol. The number of carbonyl (C=O) groups excluding carboxylic acids is 1. The van der Waals surface area contributed by atoms with Gasteiger partial charge in [0.2, 0.25) is 0 Å². The summed E-state index contributed by atoms with van der Waals surface area (Å²) < 4.78 is 42.7. The molecule has 0 aliphatic heterocycles. The van der Waals surface area contributed by atoms with Crippen molar-refractivity contribution in [2.75, 3.05) is 5.32 Å². The molecule has 4 rings (SSSR count). The van der Waals surface area contributed by atoms with Crippen molar-refractivity contribution in [3.05, 3.63) is 66.1 Å². The third-order valence-electron chi connectivity index (χ3n) is 4.17. The smallest absolute Gasteiger partial charge is 0.305 e. The highest BCUT2D eigenvalue weighted by molar-refractivity contribution is 6.02. The van der Waals surface area contributed by atoms with Crippen LogP contribution in [0.5, 0.6) is 0 Å². The zero-order chi connectivity index (χ0) is 19.9. The number of nitrogens with one attached hydrogen (secondary N) is 1. The molecule has 0 spiro atoms. The van der Waals surface area contributed by atoms with Crippen LogP contribution in [0.2, 0.25) is 0 Å². The van der Waals surface area contributed by atoms with Gasteiger partial charge in [0.25, 0.3) is 5.91 Å². The summed E-state index contributed by atoms with van der Waals surface area (Å²) in [5.74, 6) is -0.0524. The second kappa shape index (κ2) is 6.48. The van der Waals surface area contributed by atoms with E-state index in [0.717, 1.165) is 6.07 Å². The molecule has 0 saturated carbocycles. The van der Waals surface area contributed by atoms with E-state index in [1.807, 2.05) is 0 Å². The maximum atomic E-state index is 13.3. The zero-order valence-corrected chi connectivity index (χ0v) is 14.5. The number of benzene rings is 1. The van der Waals surface area contributed by atoms with Crippen LogP contribution >= 0.6 is 0 Å². The number of carbonyl (C=O) groups is 1. The van der Waals surface area contributed by atoms with Gasteiger partial charge in [-0.2, -0.15) is 23.4 Å². The molecule has 28 heavy (non-hydrogen) atoms. The van der Waals surface area contributed by atoms with Crippen molar-refractivity contribution in [3.63, 3.8) is 0 Å². The van der Waals surface area contributed by atoms with Gasteiger partial charge in [0.1, 0.15) is 5.82 Å². The summed E-state index contributed by atoms with van der Waals surface area (Å²) in [7, 11) is 1.66. The minimum absolute atomic E-state index is 0.0769. The standard InChI is InChI=1S/C18H13F3N6O/c1-26-16(8-9-23-26)24-17(28)14-10-22-15-7-6-13(25-27(14)15)11-4-2-3-5-12(11)18(19,20)21/h2-10H,1H3,(H,24,28). The Labute approximate surface area is 156 Å². The first kappa shape index (κ1) is 17.7. The summed E-state index contributed by atoms with van der Waals surface area (Å²) >= 11 is 0. The normalized spacial score (nSPS) is 11.7. The second-order valence-corrected chi connectivity index (χ2v) is 5.97. The van der Waals surface area contributed by atoms with Crippen LogP contribution in [0.15, 0.2) is 54.9 Å². The van der Waals surface area contributed by atoms with Crippen LogP contribution in [0.3, 0.4) is 0 Å². The first-order valence-electron chi connectivity index (χ1n) is 8.15. The van der Waals surface area contributed by atoms with E-state index in [0.29, 0.717) is 11.5 Å². The molecule has 142 valence electrons. The number of fused-ring (bicyclic) bond motifs is 1. The molecular weight excluding hydrogens is 373 g/mol. The largest absolute Gasteiger partial charge is 0.417 e. The summed E-state index contributed by atoms with van der Waals surface area (Å²) in [5.41, 5.74) is -0.384. The average molecular weight is 386 g/mol. The molecule has 1 aromatic carbocycles. The van der Waals surface area contributed by atoms with Crippen molar-refractivity contribution in [2.45, 2.75) is 6.18 Å². The fraction of sp³-hybridized carbons (Fsp3) is 0.111. The molecule has 0 bridgehead atoms. The number of nitrogens with zero attached hydrogens (tertiary/aromatic N) is 5. The van der Waals surface area contributed by atoms with E-state index < -0.39 is 17.6 Å². The van der Waals surface area contributed by atoms with Gasteiger partial charge in [-0.3, -0.25) is 9.48 Å². The van der Waals surface area contributed by atoms with Gasteiger partial charge >= 0.3 is 6.18 Å². The van der Waals surface area contributed by atoms with Crippen molar-refractivity contribution in [1.29, 1.82) is 0 Å². The van der Waals surface area contributed by atoms with E-state index in [2.05, 4.69) is 20.5 Å². The minimum Gasteiger partial charge on any atom is -0.305 e. The number of imidazole rings is 1. The topological polar surface area (TPSA) is 77.1 Å². The Balaban J connectivity index is 1.78. The van der Waals surface area contributed by atoms with E-state index in [-0.39, 0.29) is 17.0 Å². The molecule has 0 radical (unpaired) electrons. The summed E-state index contributed by atoms with van der Waals surface area (Å²) in [6.45, 7) is 0. The number of hydrogen-bond donors (Lipinski definition) is 1. The van der Waals surface area contributed by atoms with Crippen LogP contribution in [0.25, 0.3) is 16.9 Å². The molecule has 0 aliphatic carbocycles. The summed E-state index contributed by atoms with van der Waals surface area (Å²) in [6, 6.07) is 9.70. The molecule has 1 N–H and O–H groups in total. The summed E-state index contributed by atoms with van der Waals surface area (Å²) in [6.07, 6.45) is -1.69. The lowest BCUT2D eigenvalue weighted by molar-refractivity contribution is -0.137. The Bertz CT molecular complexity index is 1180. The van der Waals surface area contributed by atoms with Crippen molar-refractivity contribution >= 4 is 17.4 Å². The van der Waals surface area contributed by atoms with Crippen molar-refractivity contribution < 1.29 is 18.0 Å². The van der Waals surface area contributed by atoms with Gasteiger partial charge in [0.05, 0.1) is 23.7 Å². The Morgan fingerprint density at radius 2 is 1.89 bits per heavy atom. The highest BCUT2D eigenvalue weighted by atomic mass is 19.4. The summed E-state index contributed by atoms with van der Waals surface area (Å²) in [4.78, 5) is 16.7. The first-order valence-corrected chi connectivity index (χ1v) is 8.15. The minimum atomic E-state index is -4.53. The molecule has 0 atom stereocenters. The van der Waals surface area contributed by atoms with Crippen LogP contribution in [0.4, 0.5) is 19.0 Å². The fourth-order valence-corrected chi connectivity index (χ4v) is 2.80. The Kier molecular flexibility index (Phi) is 4.10. The molecule has 0 unspecified atom stereocenters. The molecule has 3 heterocycles. The maximum Gasteiger partial charge on any atom is 0.417 e. The van der Waals surface area contributed by atoms with E-state index in [9.17, 15) is 18.0 Å². The van der Waals surface area contributed by atoms with Crippen molar-refractivity contribution in [3.8, 4) is 11.3 Å². The molecule has 7 nitrogen and oxygen atoms in total. The fourth-order valence-electron chi connectivity index (χ4n) is 2.80. The number of hydrogen-bond acceptors (Lipinski definition) is 4. The first-order chi connectivity index (χ1) is 13.3. The Morgan fingerprint density at radius 1 is 1.11 bits per heavy atom. The van der Waals surface area contributed by atoms with Gasteiger partial charge in [-0.15, -0.1) is 0 Å². The quantitative estimate of drug-likeness (QED) is 0.586. The number of amides is 1. The summed E-state index contributed by atoms with van der Waals surface area (Å²) in [5, 5.41) is 10.8. The number of aryl methyl sites for hydroxylation is 1. The zero-order valence-electron chi connectivity index (χ0n) is 14.5. The molecule has 0 aliphatic rings. The SMILES string of the molecule is Cn1nccc1NC(=O)c1cnc2ccc(-c3ccccc3C(F)(F)F)nn12. The number of rotatable bonds is 3. The lowest BCUT2D eigenvalue weighted by Crippen LogP contribution is -2.17. The number of aromatic nitrogens is 5.